The van der Waals surface area contributed by atoms with E-state index >= 15 is 35.1 Å². The molecule has 0 bridgehead atoms. The highest BCUT2D eigenvalue weighted by Gasteiger charge is 2.52. The van der Waals surface area contributed by atoms with Crippen LogP contribution in [-0.2, 0) is 6.54 Å². The molecule has 9 rings (SSSR count). The minimum Gasteiger partial charge on any atom is -0.405 e. The average molecular weight is 1100 g/mol. The van der Waals surface area contributed by atoms with Crippen LogP contribution in [0.15, 0.2) is 91.1 Å². The minimum absolute atomic E-state index is 0.0587. The molecule has 0 N–H and O–H groups in total. The lowest BCUT2D eigenvalue weighted by atomic mass is 9.12. The summed E-state index contributed by atoms with van der Waals surface area (Å²) in [5.74, 6) is -69.2. The van der Waals surface area contributed by atoms with Gasteiger partial charge in [0, 0.05) is 11.6 Å². The molecule has 1 heterocycles. The number of ether oxygens (including phenoxy) is 1. The van der Waals surface area contributed by atoms with Crippen LogP contribution in [0.2, 0.25) is 0 Å². The van der Waals surface area contributed by atoms with Crippen LogP contribution < -0.4 is 31.2 Å². The zero-order valence-electron chi connectivity index (χ0n) is 38.4. The standard InChI is InChI=1S/C29H28NO2.C24BF20/c31-28(25-12-5-2-6-13-25)21-30-20-19-24-11-7-8-14-27(24)29(30)32-26-17-15-23(16-18-26)22-9-3-1-4-10-22;26-5-1(6(27)14(35)21(42)13(5)34)25(2-7(28)15(36)22(43)16(37)8(2)29,3-9(30)17(38)23(44)18(39)10(3)31)4-11(32)19(40)24(45)20(41)12(4)33/h2,5-8,11-20,22H,1,3-4,9-10,21H2;/q+1;-1. The van der Waals surface area contributed by atoms with Crippen molar-refractivity contribution in [2.24, 2.45) is 0 Å². The highest BCUT2D eigenvalue weighted by molar-refractivity contribution is 7.20. The van der Waals surface area contributed by atoms with Crippen LogP contribution in [0.3, 0.4) is 0 Å². The largest absolute Gasteiger partial charge is 0.405 e. The Kier molecular flexibility index (Phi) is 15.5. The third-order valence-electron chi connectivity index (χ3n) is 13.2. The zero-order chi connectivity index (χ0) is 56.1. The van der Waals surface area contributed by atoms with Crippen LogP contribution in [0.25, 0.3) is 10.8 Å². The van der Waals surface area contributed by atoms with Crippen molar-refractivity contribution in [1.82, 2.24) is 0 Å². The van der Waals surface area contributed by atoms with E-state index in [1.165, 1.54) is 37.7 Å². The second-order valence-corrected chi connectivity index (χ2v) is 17.4. The lowest BCUT2D eigenvalue weighted by molar-refractivity contribution is -0.685. The minimum atomic E-state index is -7.22. The highest BCUT2D eigenvalue weighted by Crippen LogP contribution is 2.35. The van der Waals surface area contributed by atoms with Crippen molar-refractivity contribution in [2.45, 2.75) is 44.6 Å². The molecule has 1 aliphatic rings. The van der Waals surface area contributed by atoms with Crippen LogP contribution >= 0.6 is 0 Å². The molecular weight excluding hydrogens is 1070 g/mol. The first kappa shape index (κ1) is 55.3. The van der Waals surface area contributed by atoms with E-state index in [4.69, 9.17) is 4.74 Å². The molecule has 3 nitrogen and oxygen atoms in total. The summed E-state index contributed by atoms with van der Waals surface area (Å²) in [7, 11) is 0. The van der Waals surface area contributed by atoms with Gasteiger partial charge >= 0.3 is 5.88 Å². The van der Waals surface area contributed by atoms with Gasteiger partial charge in [-0.05, 0) is 47.9 Å². The number of hydrogen-bond acceptors (Lipinski definition) is 2. The fourth-order valence-electron chi connectivity index (χ4n) is 9.57. The van der Waals surface area contributed by atoms with Crippen molar-refractivity contribution < 1.29 is 102 Å². The first-order valence-electron chi connectivity index (χ1n) is 22.5. The predicted molar refractivity (Wildman–Crippen MR) is 236 cm³/mol. The van der Waals surface area contributed by atoms with Crippen LogP contribution in [-0.4, -0.2) is 11.9 Å². The van der Waals surface area contributed by atoms with Gasteiger partial charge in [-0.15, -0.1) is 21.9 Å². The molecule has 24 heteroatoms. The van der Waals surface area contributed by atoms with Gasteiger partial charge in [0.05, 0.1) is 5.39 Å². The van der Waals surface area contributed by atoms with Crippen LogP contribution in [0.1, 0.15) is 53.9 Å². The maximum atomic E-state index is 15.4. The quantitative estimate of drug-likeness (QED) is 0.0341. The monoisotopic (exact) mass is 1100 g/mol. The number of halogens is 20. The second kappa shape index (κ2) is 21.6. The number of hydrogen-bond donors (Lipinski definition) is 0. The molecule has 7 aromatic carbocycles. The molecule has 77 heavy (non-hydrogen) atoms. The van der Waals surface area contributed by atoms with E-state index in [-0.39, 0.29) is 12.3 Å². The highest BCUT2D eigenvalue weighted by atomic mass is 19.2. The zero-order valence-corrected chi connectivity index (χ0v) is 38.4. The third-order valence-corrected chi connectivity index (χ3v) is 13.2. The Morgan fingerprint density at radius 3 is 1.16 bits per heavy atom. The van der Waals surface area contributed by atoms with E-state index in [1.54, 1.807) is 0 Å². The molecule has 0 saturated heterocycles. The molecule has 400 valence electrons. The van der Waals surface area contributed by atoms with Gasteiger partial charge in [0.25, 0.3) is 0 Å². The Morgan fingerprint density at radius 1 is 0.416 bits per heavy atom. The normalized spacial score (nSPS) is 13.0. The summed E-state index contributed by atoms with van der Waals surface area (Å²) < 4.78 is 302. The number of fused-ring (bicyclic) bond motifs is 1. The maximum Gasteiger partial charge on any atom is 0.381 e. The summed E-state index contributed by atoms with van der Waals surface area (Å²) in [6.45, 7) is 0.227. The van der Waals surface area contributed by atoms with Gasteiger partial charge < -0.3 is 4.74 Å². The fraction of sp³-hybridized carbons (Fsp3) is 0.132. The smallest absolute Gasteiger partial charge is 0.381 e. The Balaban J connectivity index is 0.000000215. The van der Waals surface area contributed by atoms with Crippen molar-refractivity contribution in [3.05, 3.63) is 219 Å². The van der Waals surface area contributed by atoms with Gasteiger partial charge in [-0.2, -0.15) is 4.57 Å². The molecule has 1 saturated carbocycles. The van der Waals surface area contributed by atoms with Gasteiger partial charge in [0.2, 0.25) is 12.3 Å². The summed E-state index contributed by atoms with van der Waals surface area (Å²) in [6, 6.07) is 28.1. The summed E-state index contributed by atoms with van der Waals surface area (Å²) >= 11 is 0. The van der Waals surface area contributed by atoms with Crippen LogP contribution in [0.5, 0.6) is 11.6 Å². The topological polar surface area (TPSA) is 30.2 Å². The number of nitrogens with zero attached hydrogens (tertiary/aromatic N) is 1. The van der Waals surface area contributed by atoms with Gasteiger partial charge in [-0.25, -0.2) is 87.8 Å². The molecule has 0 aliphatic heterocycles. The predicted octanol–water partition coefficient (Wildman–Crippen LogP) is 12.7. The van der Waals surface area contributed by atoms with Crippen LogP contribution in [0.4, 0.5) is 87.8 Å². The fourth-order valence-corrected chi connectivity index (χ4v) is 9.57. The molecule has 1 aromatic heterocycles. The molecule has 0 amide bonds. The van der Waals surface area contributed by atoms with E-state index in [0.717, 1.165) is 16.5 Å². The van der Waals surface area contributed by atoms with Crippen LogP contribution in [0, 0.1) is 116 Å². The molecule has 0 atom stereocenters. The van der Waals surface area contributed by atoms with E-state index in [1.807, 2.05) is 65.4 Å². The molecular formula is C53H28BF20NO2. The first-order valence-corrected chi connectivity index (χ1v) is 22.5. The van der Waals surface area contributed by atoms with Crippen molar-refractivity contribution in [2.75, 3.05) is 0 Å². The second-order valence-electron chi connectivity index (χ2n) is 17.4. The number of Topliss-reactive ketones (excluding diaryl/α,β-unsaturated/α-hetero) is 1. The first-order chi connectivity index (χ1) is 36.5. The lowest BCUT2D eigenvalue weighted by Crippen LogP contribution is -2.81. The van der Waals surface area contributed by atoms with E-state index in [0.29, 0.717) is 17.4 Å². The summed E-state index contributed by atoms with van der Waals surface area (Å²) in [6.07, 6.45) is 1.31. The Labute approximate surface area is 420 Å². The molecule has 0 radical (unpaired) electrons. The summed E-state index contributed by atoms with van der Waals surface area (Å²) in [4.78, 5) is 12.9. The Hall–Kier alpha value is -7.92. The van der Waals surface area contributed by atoms with E-state index < -0.39 is 144 Å². The number of carbonyl (C=O) groups is 1. The van der Waals surface area contributed by atoms with Crippen molar-refractivity contribution in [1.29, 1.82) is 0 Å². The van der Waals surface area contributed by atoms with Gasteiger partial charge in [-0.3, -0.25) is 4.79 Å². The van der Waals surface area contributed by atoms with Gasteiger partial charge in [-0.1, -0.05) is 79.9 Å². The number of benzene rings is 7. The third kappa shape index (κ3) is 9.38. The number of pyridine rings is 1. The summed E-state index contributed by atoms with van der Waals surface area (Å²) in [5, 5.41) is 2.08. The SMILES string of the molecule is Fc1c(F)c(F)c([B-](c2c(F)c(F)c(F)c(F)c2F)(c2c(F)c(F)c(F)c(F)c2F)c2c(F)c(F)c(F)c(F)c2F)c(F)c1F.O=C(C[n+]1ccc2ccccc2c1Oc1ccc(C2CCCCC2)cc1)c1ccccc1. The van der Waals surface area contributed by atoms with Gasteiger partial charge in [0.1, 0.15) is 58.4 Å². The number of aromatic nitrogens is 1. The number of carbonyl (C=O) groups excluding carboxylic acids is 1. The molecule has 0 spiro atoms. The van der Waals surface area contributed by atoms with Crippen molar-refractivity contribution in [3.63, 3.8) is 0 Å². The van der Waals surface area contributed by atoms with E-state index in [9.17, 15) is 57.5 Å². The summed E-state index contributed by atoms with van der Waals surface area (Å²) in [5.41, 5.74) is -12.2. The van der Waals surface area contributed by atoms with Crippen molar-refractivity contribution in [3.8, 4) is 11.6 Å². The maximum absolute atomic E-state index is 15.4. The van der Waals surface area contributed by atoms with E-state index in [2.05, 4.69) is 30.3 Å². The lowest BCUT2D eigenvalue weighted by Gasteiger charge is -2.44. The Morgan fingerprint density at radius 2 is 0.766 bits per heavy atom. The van der Waals surface area contributed by atoms with Crippen molar-refractivity contribution >= 4 is 44.6 Å². The number of rotatable bonds is 10. The number of ketones is 1. The molecule has 0 unspecified atom stereocenters. The molecule has 1 fully saturated rings. The average Bonchev–Trinajstić information content (AvgIpc) is 3.44. The molecule has 8 aromatic rings. The molecule has 1 aliphatic carbocycles. The Bertz CT molecular complexity index is 3270. The van der Waals surface area contributed by atoms with Gasteiger partial charge in [0.15, 0.2) is 76.0 Å².